The molecule has 90 valence electrons. The average Bonchev–Trinajstić information content (AvgIpc) is 2.23. The zero-order valence-corrected chi connectivity index (χ0v) is 9.58. The first kappa shape index (κ1) is 14.3. The van der Waals surface area contributed by atoms with E-state index in [9.17, 15) is 14.4 Å². The largest absolute Gasteiger partial charge is 0.466 e. The summed E-state index contributed by atoms with van der Waals surface area (Å²) in [6, 6.07) is 0. The Labute approximate surface area is 94.4 Å². The molecule has 0 saturated carbocycles. The van der Waals surface area contributed by atoms with Crippen molar-refractivity contribution in [3.05, 3.63) is 12.2 Å². The maximum absolute atomic E-state index is 11.0. The quantitative estimate of drug-likeness (QED) is 0.390. The minimum atomic E-state index is -0.771. The molecule has 0 radical (unpaired) electrons. The molecule has 16 heavy (non-hydrogen) atoms. The Morgan fingerprint density at radius 3 is 2.19 bits per heavy atom. The molecule has 0 aromatic heterocycles. The minimum Gasteiger partial charge on any atom is -0.466 e. The molecular formula is C11H16O5. The van der Waals surface area contributed by atoms with Crippen LogP contribution in [-0.4, -0.2) is 24.5 Å². The Morgan fingerprint density at radius 1 is 1.12 bits per heavy atom. The molecule has 0 amide bonds. The van der Waals surface area contributed by atoms with Gasteiger partial charge in [0, 0.05) is 5.57 Å². The lowest BCUT2D eigenvalue weighted by Gasteiger charge is -2.03. The predicted octanol–water partition coefficient (Wildman–Crippen LogP) is 1.37. The maximum Gasteiger partial charge on any atom is 0.340 e. The van der Waals surface area contributed by atoms with Crippen LogP contribution in [0.2, 0.25) is 0 Å². The van der Waals surface area contributed by atoms with Crippen LogP contribution in [0.1, 0.15) is 33.1 Å². The molecule has 0 aliphatic heterocycles. The zero-order chi connectivity index (χ0) is 12.6. The highest BCUT2D eigenvalue weighted by molar-refractivity contribution is 5.95. The fourth-order valence-corrected chi connectivity index (χ4v) is 0.734. The van der Waals surface area contributed by atoms with Gasteiger partial charge in [-0.15, -0.1) is 0 Å². The van der Waals surface area contributed by atoms with Gasteiger partial charge in [0.2, 0.25) is 0 Å². The second-order valence-corrected chi connectivity index (χ2v) is 3.26. The summed E-state index contributed by atoms with van der Waals surface area (Å²) >= 11 is 0. The minimum absolute atomic E-state index is 0.0810. The summed E-state index contributed by atoms with van der Waals surface area (Å²) in [5, 5.41) is 0. The summed E-state index contributed by atoms with van der Waals surface area (Å²) in [4.78, 5) is 32.9. The van der Waals surface area contributed by atoms with Gasteiger partial charge in [0.25, 0.3) is 0 Å². The van der Waals surface area contributed by atoms with E-state index in [4.69, 9.17) is 4.74 Å². The van der Waals surface area contributed by atoms with Crippen LogP contribution in [0.3, 0.4) is 0 Å². The average molecular weight is 228 g/mol. The molecule has 0 fully saturated rings. The molecule has 0 rings (SSSR count). The summed E-state index contributed by atoms with van der Waals surface area (Å²) in [5.74, 6) is -1.99. The molecule has 0 saturated heterocycles. The SMILES string of the molecule is C=C(C)C(=O)OC(=O)CCC(=O)OCCC. The first-order valence-electron chi connectivity index (χ1n) is 5.03. The van der Waals surface area contributed by atoms with E-state index in [-0.39, 0.29) is 18.4 Å². The molecule has 0 aliphatic rings. The molecular weight excluding hydrogens is 212 g/mol. The fourth-order valence-electron chi connectivity index (χ4n) is 0.734. The van der Waals surface area contributed by atoms with Gasteiger partial charge in [0.1, 0.15) is 0 Å². The van der Waals surface area contributed by atoms with Crippen LogP contribution >= 0.6 is 0 Å². The Hall–Kier alpha value is -1.65. The van der Waals surface area contributed by atoms with Gasteiger partial charge < -0.3 is 9.47 Å². The molecule has 0 aromatic rings. The summed E-state index contributed by atoms with van der Waals surface area (Å²) in [6.07, 6.45) is 0.480. The van der Waals surface area contributed by atoms with Crippen LogP contribution in [0.4, 0.5) is 0 Å². The lowest BCUT2D eigenvalue weighted by molar-refractivity contribution is -0.159. The lowest BCUT2D eigenvalue weighted by atomic mass is 10.3. The molecule has 0 bridgehead atoms. The van der Waals surface area contributed by atoms with E-state index >= 15 is 0 Å². The zero-order valence-electron chi connectivity index (χ0n) is 9.58. The van der Waals surface area contributed by atoms with E-state index in [1.54, 1.807) is 0 Å². The second-order valence-electron chi connectivity index (χ2n) is 3.26. The predicted molar refractivity (Wildman–Crippen MR) is 56.4 cm³/mol. The van der Waals surface area contributed by atoms with Gasteiger partial charge >= 0.3 is 17.9 Å². The van der Waals surface area contributed by atoms with Crippen molar-refractivity contribution in [1.29, 1.82) is 0 Å². The van der Waals surface area contributed by atoms with E-state index in [1.165, 1.54) is 6.92 Å². The van der Waals surface area contributed by atoms with Gasteiger partial charge in [0.15, 0.2) is 0 Å². The molecule has 0 unspecified atom stereocenters. The van der Waals surface area contributed by atoms with Crippen LogP contribution in [0.15, 0.2) is 12.2 Å². The van der Waals surface area contributed by atoms with Crippen molar-refractivity contribution in [2.24, 2.45) is 0 Å². The number of hydrogen-bond acceptors (Lipinski definition) is 5. The third-order valence-corrected chi connectivity index (χ3v) is 1.56. The Bertz CT molecular complexity index is 293. The molecule has 5 heteroatoms. The molecule has 0 spiro atoms. The van der Waals surface area contributed by atoms with E-state index in [2.05, 4.69) is 11.3 Å². The Morgan fingerprint density at radius 2 is 1.69 bits per heavy atom. The van der Waals surface area contributed by atoms with Crippen molar-refractivity contribution in [2.75, 3.05) is 6.61 Å². The number of rotatable bonds is 6. The van der Waals surface area contributed by atoms with Crippen molar-refractivity contribution < 1.29 is 23.9 Å². The Kier molecular flexibility index (Phi) is 6.83. The van der Waals surface area contributed by atoms with Crippen LogP contribution in [0.5, 0.6) is 0 Å². The van der Waals surface area contributed by atoms with Gasteiger partial charge in [-0.2, -0.15) is 0 Å². The van der Waals surface area contributed by atoms with Gasteiger partial charge in [-0.25, -0.2) is 4.79 Å². The summed E-state index contributed by atoms with van der Waals surface area (Å²) < 4.78 is 9.13. The topological polar surface area (TPSA) is 69.7 Å². The van der Waals surface area contributed by atoms with E-state index in [0.717, 1.165) is 6.42 Å². The fraction of sp³-hybridized carbons (Fsp3) is 0.545. The van der Waals surface area contributed by atoms with Crippen molar-refractivity contribution in [2.45, 2.75) is 33.1 Å². The third-order valence-electron chi connectivity index (χ3n) is 1.56. The number of carbonyl (C=O) groups is 3. The summed E-state index contributed by atoms with van der Waals surface area (Å²) in [7, 11) is 0. The van der Waals surface area contributed by atoms with Crippen molar-refractivity contribution in [3.63, 3.8) is 0 Å². The van der Waals surface area contributed by atoms with E-state index in [0.29, 0.717) is 6.61 Å². The third kappa shape index (κ3) is 6.75. The van der Waals surface area contributed by atoms with Gasteiger partial charge in [-0.05, 0) is 13.3 Å². The maximum atomic E-state index is 11.0. The molecule has 0 aromatic carbocycles. The van der Waals surface area contributed by atoms with Crippen LogP contribution < -0.4 is 0 Å². The number of ether oxygens (including phenoxy) is 2. The summed E-state index contributed by atoms with van der Waals surface area (Å²) in [6.45, 7) is 6.96. The van der Waals surface area contributed by atoms with E-state index in [1.807, 2.05) is 6.92 Å². The highest BCUT2D eigenvalue weighted by atomic mass is 16.6. The van der Waals surface area contributed by atoms with Crippen molar-refractivity contribution >= 4 is 17.9 Å². The number of hydrogen-bond donors (Lipinski definition) is 0. The van der Waals surface area contributed by atoms with Crippen LogP contribution in [-0.2, 0) is 23.9 Å². The van der Waals surface area contributed by atoms with Crippen molar-refractivity contribution in [1.82, 2.24) is 0 Å². The lowest BCUT2D eigenvalue weighted by Crippen LogP contribution is -2.15. The van der Waals surface area contributed by atoms with Crippen LogP contribution in [0, 0.1) is 0 Å². The highest BCUT2D eigenvalue weighted by Crippen LogP contribution is 1.99. The highest BCUT2D eigenvalue weighted by Gasteiger charge is 2.13. The van der Waals surface area contributed by atoms with Gasteiger partial charge in [-0.1, -0.05) is 13.5 Å². The number of esters is 3. The molecule has 5 nitrogen and oxygen atoms in total. The van der Waals surface area contributed by atoms with E-state index < -0.39 is 17.9 Å². The van der Waals surface area contributed by atoms with Gasteiger partial charge in [-0.3, -0.25) is 9.59 Å². The van der Waals surface area contributed by atoms with Gasteiger partial charge in [0.05, 0.1) is 19.4 Å². The monoisotopic (exact) mass is 228 g/mol. The molecule has 0 heterocycles. The smallest absolute Gasteiger partial charge is 0.340 e. The molecule has 0 N–H and O–H groups in total. The second kappa shape index (κ2) is 7.62. The first-order valence-corrected chi connectivity index (χ1v) is 5.03. The molecule has 0 atom stereocenters. The first-order chi connectivity index (χ1) is 7.47. The number of carbonyl (C=O) groups excluding carboxylic acids is 3. The standard InChI is InChI=1S/C11H16O5/c1-4-7-15-9(12)5-6-10(13)16-11(14)8(2)3/h2,4-7H2,1,3H3. The Balaban J connectivity index is 3.77. The normalized spacial score (nSPS) is 9.38. The van der Waals surface area contributed by atoms with Crippen molar-refractivity contribution in [3.8, 4) is 0 Å². The van der Waals surface area contributed by atoms with Crippen LogP contribution in [0.25, 0.3) is 0 Å². The summed E-state index contributed by atoms with van der Waals surface area (Å²) in [5.41, 5.74) is 0.141. The molecule has 0 aliphatic carbocycles.